The first-order chi connectivity index (χ1) is 11.6. The summed E-state index contributed by atoms with van der Waals surface area (Å²) in [5.74, 6) is -1.32. The summed E-state index contributed by atoms with van der Waals surface area (Å²) in [6.07, 6.45) is -0.869. The Balaban J connectivity index is 1.61. The topological polar surface area (TPSA) is 59.0 Å². The van der Waals surface area contributed by atoms with E-state index < -0.39 is 12.0 Å². The number of hydrogen-bond donors (Lipinski definition) is 0. The molecule has 2 heterocycles. The average molecular weight is 341 g/mol. The molecule has 2 aromatic rings. The number of nitrogens with zero attached hydrogens (tertiary/aromatic N) is 2. The molecule has 0 bridgehead atoms. The lowest BCUT2D eigenvalue weighted by atomic mass is 9.94. The summed E-state index contributed by atoms with van der Waals surface area (Å²) < 4.78 is 0. The summed E-state index contributed by atoms with van der Waals surface area (Å²) in [5.41, 5.74) is 2.10. The Bertz CT molecular complexity index is 833. The number of rotatable bonds is 3. The average Bonchev–Trinajstić information content (AvgIpc) is 3.13. The minimum Gasteiger partial charge on any atom is -0.381 e. The van der Waals surface area contributed by atoms with Gasteiger partial charge in [-0.05, 0) is 17.7 Å². The van der Waals surface area contributed by atoms with E-state index in [0.29, 0.717) is 10.7 Å². The second kappa shape index (κ2) is 5.76. The van der Waals surface area contributed by atoms with E-state index in [0.717, 1.165) is 11.1 Å². The molecule has 2 aliphatic heterocycles. The van der Waals surface area contributed by atoms with E-state index in [9.17, 15) is 9.59 Å². The number of halogens is 1. The van der Waals surface area contributed by atoms with Crippen LogP contribution in [0.2, 0.25) is 5.02 Å². The zero-order chi connectivity index (χ0) is 16.7. The molecule has 120 valence electrons. The van der Waals surface area contributed by atoms with Crippen LogP contribution in [0.3, 0.4) is 0 Å². The van der Waals surface area contributed by atoms with E-state index in [1.54, 1.807) is 24.3 Å². The number of amides is 2. The van der Waals surface area contributed by atoms with Crippen molar-refractivity contribution in [2.75, 3.05) is 0 Å². The van der Waals surface area contributed by atoms with Crippen molar-refractivity contribution in [3.63, 3.8) is 0 Å². The molecule has 0 saturated carbocycles. The molecule has 1 fully saturated rings. The zero-order valence-corrected chi connectivity index (χ0v) is 13.3. The highest BCUT2D eigenvalue weighted by atomic mass is 35.5. The third-order valence-electron chi connectivity index (χ3n) is 4.23. The molecule has 0 unspecified atom stereocenters. The highest BCUT2D eigenvalue weighted by Crippen LogP contribution is 2.33. The molecule has 0 aliphatic carbocycles. The van der Waals surface area contributed by atoms with Crippen molar-refractivity contribution in [1.29, 1.82) is 0 Å². The minimum atomic E-state index is -0.869. The van der Waals surface area contributed by atoms with E-state index >= 15 is 0 Å². The van der Waals surface area contributed by atoms with Gasteiger partial charge in [0, 0.05) is 10.6 Å². The molecular formula is C18H13ClN2O3. The lowest BCUT2D eigenvalue weighted by Gasteiger charge is -2.15. The summed E-state index contributed by atoms with van der Waals surface area (Å²) >= 11 is 5.89. The van der Waals surface area contributed by atoms with Gasteiger partial charge in [0.05, 0.1) is 6.54 Å². The van der Waals surface area contributed by atoms with Gasteiger partial charge in [-0.1, -0.05) is 59.2 Å². The van der Waals surface area contributed by atoms with Crippen LogP contribution in [0, 0.1) is 5.92 Å². The van der Waals surface area contributed by atoms with Crippen molar-refractivity contribution in [3.8, 4) is 0 Å². The van der Waals surface area contributed by atoms with Crippen LogP contribution in [0.1, 0.15) is 11.1 Å². The predicted octanol–water partition coefficient (Wildman–Crippen LogP) is 2.63. The molecule has 5 nitrogen and oxygen atoms in total. The Kier molecular flexibility index (Phi) is 3.58. The molecule has 2 aromatic carbocycles. The fraction of sp³-hybridized carbons (Fsp3) is 0.167. The van der Waals surface area contributed by atoms with Gasteiger partial charge in [0.15, 0.2) is 0 Å². The maximum absolute atomic E-state index is 12.8. The smallest absolute Gasteiger partial charge is 0.274 e. The molecule has 2 aliphatic rings. The highest BCUT2D eigenvalue weighted by Gasteiger charge is 2.55. The molecule has 0 spiro atoms. The third-order valence-corrected chi connectivity index (χ3v) is 4.48. The number of hydrogen-bond acceptors (Lipinski definition) is 4. The Labute approximate surface area is 143 Å². The Morgan fingerprint density at radius 3 is 2.42 bits per heavy atom. The van der Waals surface area contributed by atoms with Crippen molar-refractivity contribution in [2.24, 2.45) is 11.1 Å². The Morgan fingerprint density at radius 2 is 1.71 bits per heavy atom. The van der Waals surface area contributed by atoms with E-state index in [4.69, 9.17) is 16.4 Å². The monoisotopic (exact) mass is 340 g/mol. The van der Waals surface area contributed by atoms with Gasteiger partial charge in [-0.3, -0.25) is 14.5 Å². The SMILES string of the molecule is O=C1[C@@H]2C(c3ccc(Cl)cc3)=NO[C@@H]2C(=O)N1Cc1ccccc1. The number of benzene rings is 2. The van der Waals surface area contributed by atoms with Gasteiger partial charge in [-0.2, -0.15) is 0 Å². The first kappa shape index (κ1) is 14.9. The van der Waals surface area contributed by atoms with Gasteiger partial charge in [0.2, 0.25) is 12.0 Å². The summed E-state index contributed by atoms with van der Waals surface area (Å²) in [6, 6.07) is 16.4. The van der Waals surface area contributed by atoms with E-state index in [-0.39, 0.29) is 18.4 Å². The van der Waals surface area contributed by atoms with Gasteiger partial charge < -0.3 is 4.84 Å². The number of carbonyl (C=O) groups is 2. The molecular weight excluding hydrogens is 328 g/mol. The normalized spacial score (nSPS) is 22.4. The van der Waals surface area contributed by atoms with Crippen molar-refractivity contribution in [3.05, 3.63) is 70.7 Å². The first-order valence-electron chi connectivity index (χ1n) is 7.54. The number of carbonyl (C=O) groups excluding carboxylic acids is 2. The van der Waals surface area contributed by atoms with Gasteiger partial charge in [0.1, 0.15) is 11.6 Å². The fourth-order valence-corrected chi connectivity index (χ4v) is 3.14. The van der Waals surface area contributed by atoms with Crippen LogP contribution in [0.25, 0.3) is 0 Å². The van der Waals surface area contributed by atoms with Gasteiger partial charge in [-0.15, -0.1) is 0 Å². The van der Waals surface area contributed by atoms with Crippen LogP contribution < -0.4 is 0 Å². The summed E-state index contributed by atoms with van der Waals surface area (Å²) in [7, 11) is 0. The third kappa shape index (κ3) is 2.37. The van der Waals surface area contributed by atoms with Gasteiger partial charge >= 0.3 is 0 Å². The lowest BCUT2D eigenvalue weighted by Crippen LogP contribution is -2.32. The second-order valence-corrected chi connectivity index (χ2v) is 6.17. The molecule has 6 heteroatoms. The number of imide groups is 1. The second-order valence-electron chi connectivity index (χ2n) is 5.74. The van der Waals surface area contributed by atoms with E-state index in [1.807, 2.05) is 30.3 Å². The van der Waals surface area contributed by atoms with Crippen LogP contribution in [-0.4, -0.2) is 28.5 Å². The summed E-state index contributed by atoms with van der Waals surface area (Å²) in [4.78, 5) is 31.8. The molecule has 0 N–H and O–H groups in total. The van der Waals surface area contributed by atoms with Crippen LogP contribution in [0.5, 0.6) is 0 Å². The molecule has 4 rings (SSSR count). The van der Waals surface area contributed by atoms with E-state index in [1.165, 1.54) is 4.90 Å². The molecule has 2 amide bonds. The Morgan fingerprint density at radius 1 is 1.00 bits per heavy atom. The van der Waals surface area contributed by atoms with E-state index in [2.05, 4.69) is 5.16 Å². The maximum atomic E-state index is 12.8. The standard InChI is InChI=1S/C18H13ClN2O3/c19-13-8-6-12(7-9-13)15-14-16(24-20-15)18(23)21(17(14)22)10-11-4-2-1-3-5-11/h1-9,14,16H,10H2/t14-,16+/m1/s1. The molecule has 0 aromatic heterocycles. The van der Waals surface area contributed by atoms with Crippen molar-refractivity contribution < 1.29 is 14.4 Å². The fourth-order valence-electron chi connectivity index (χ4n) is 3.01. The van der Waals surface area contributed by atoms with Crippen LogP contribution in [0.15, 0.2) is 59.8 Å². The molecule has 0 radical (unpaired) electrons. The highest BCUT2D eigenvalue weighted by molar-refractivity contribution is 6.31. The van der Waals surface area contributed by atoms with Gasteiger partial charge in [0.25, 0.3) is 5.91 Å². The van der Waals surface area contributed by atoms with Crippen LogP contribution in [0.4, 0.5) is 0 Å². The Hall–Kier alpha value is -2.66. The first-order valence-corrected chi connectivity index (χ1v) is 7.92. The van der Waals surface area contributed by atoms with Crippen LogP contribution >= 0.6 is 11.6 Å². The molecule has 24 heavy (non-hydrogen) atoms. The molecule has 2 atom stereocenters. The number of fused-ring (bicyclic) bond motifs is 1. The quantitative estimate of drug-likeness (QED) is 0.807. The van der Waals surface area contributed by atoms with Crippen molar-refractivity contribution >= 4 is 29.1 Å². The van der Waals surface area contributed by atoms with Gasteiger partial charge in [-0.25, -0.2) is 0 Å². The van der Waals surface area contributed by atoms with Crippen LogP contribution in [-0.2, 0) is 21.0 Å². The largest absolute Gasteiger partial charge is 0.381 e. The van der Waals surface area contributed by atoms with Crippen molar-refractivity contribution in [2.45, 2.75) is 12.6 Å². The number of oxime groups is 1. The summed E-state index contributed by atoms with van der Waals surface area (Å²) in [6.45, 7) is 0.239. The van der Waals surface area contributed by atoms with Crippen molar-refractivity contribution in [1.82, 2.24) is 4.90 Å². The number of likely N-dealkylation sites (tertiary alicyclic amines) is 1. The molecule has 1 saturated heterocycles. The lowest BCUT2D eigenvalue weighted by molar-refractivity contribution is -0.142. The summed E-state index contributed by atoms with van der Waals surface area (Å²) in [5, 5.41) is 4.56. The predicted molar refractivity (Wildman–Crippen MR) is 88.4 cm³/mol. The minimum absolute atomic E-state index is 0.239. The zero-order valence-electron chi connectivity index (χ0n) is 12.6. The maximum Gasteiger partial charge on any atom is 0.274 e.